The third-order valence-corrected chi connectivity index (χ3v) is 3.96. The maximum atomic E-state index is 12.1. The number of rotatable bonds is 5. The number of hydrogen-bond acceptors (Lipinski definition) is 6. The fraction of sp³-hybridized carbons (Fsp3) is 0.500. The molecule has 0 atom stereocenters. The van der Waals surface area contributed by atoms with Crippen molar-refractivity contribution in [2.75, 3.05) is 44.6 Å². The highest BCUT2D eigenvalue weighted by Gasteiger charge is 2.23. The number of anilines is 1. The summed E-state index contributed by atoms with van der Waals surface area (Å²) in [7, 11) is 0. The zero-order valence-electron chi connectivity index (χ0n) is 14.4. The Morgan fingerprint density at radius 1 is 1.28 bits per heavy atom. The summed E-state index contributed by atoms with van der Waals surface area (Å²) in [5.74, 6) is -0.247. The topological polar surface area (TPSA) is 105 Å². The van der Waals surface area contributed by atoms with Gasteiger partial charge in [0, 0.05) is 43.5 Å². The largest absolute Gasteiger partial charge is 0.450 e. The third-order valence-electron chi connectivity index (χ3n) is 3.96. The molecule has 1 fully saturated rings. The second-order valence-corrected chi connectivity index (χ2v) is 5.77. The second-order valence-electron chi connectivity index (χ2n) is 5.77. The predicted molar refractivity (Wildman–Crippen MR) is 91.5 cm³/mol. The first-order valence-corrected chi connectivity index (χ1v) is 8.09. The maximum Gasteiger partial charge on any atom is 0.409 e. The summed E-state index contributed by atoms with van der Waals surface area (Å²) < 4.78 is 4.95. The summed E-state index contributed by atoms with van der Waals surface area (Å²) in [5.41, 5.74) is 0.909. The molecular formula is C16H22N4O5. The van der Waals surface area contributed by atoms with Crippen LogP contribution in [0.2, 0.25) is 0 Å². The van der Waals surface area contributed by atoms with E-state index in [9.17, 15) is 19.7 Å². The summed E-state index contributed by atoms with van der Waals surface area (Å²) >= 11 is 0. The van der Waals surface area contributed by atoms with Crippen LogP contribution in [-0.2, 0) is 9.53 Å². The van der Waals surface area contributed by atoms with Crippen molar-refractivity contribution in [3.63, 3.8) is 0 Å². The molecule has 0 aliphatic carbocycles. The van der Waals surface area contributed by atoms with E-state index in [4.69, 9.17) is 4.74 Å². The van der Waals surface area contributed by atoms with Crippen LogP contribution in [0.15, 0.2) is 18.2 Å². The van der Waals surface area contributed by atoms with Gasteiger partial charge >= 0.3 is 6.09 Å². The van der Waals surface area contributed by atoms with Crippen molar-refractivity contribution in [1.29, 1.82) is 0 Å². The lowest BCUT2D eigenvalue weighted by Gasteiger charge is -2.33. The first-order chi connectivity index (χ1) is 11.9. The standard InChI is InChI=1S/C16H22N4O5/c1-3-25-16(22)19-8-6-18(7-9-19)11-15(21)17-13-5-4-12(2)14(10-13)20(23)24/h4-5,10H,3,6-9,11H2,1-2H3,(H,17,21). The van der Waals surface area contributed by atoms with Gasteiger partial charge in [-0.1, -0.05) is 6.07 Å². The van der Waals surface area contributed by atoms with Crippen LogP contribution in [0.3, 0.4) is 0 Å². The normalized spacial score (nSPS) is 14.9. The number of aryl methyl sites for hydroxylation is 1. The Morgan fingerprint density at radius 3 is 2.56 bits per heavy atom. The Kier molecular flexibility index (Phi) is 6.29. The molecule has 1 aliphatic heterocycles. The van der Waals surface area contributed by atoms with Crippen LogP contribution in [0.5, 0.6) is 0 Å². The molecule has 9 nitrogen and oxygen atoms in total. The van der Waals surface area contributed by atoms with Crippen molar-refractivity contribution >= 4 is 23.4 Å². The van der Waals surface area contributed by atoms with E-state index < -0.39 is 4.92 Å². The quantitative estimate of drug-likeness (QED) is 0.639. The smallest absolute Gasteiger partial charge is 0.409 e. The van der Waals surface area contributed by atoms with E-state index in [-0.39, 0.29) is 24.2 Å². The molecule has 1 N–H and O–H groups in total. The molecule has 0 radical (unpaired) electrons. The minimum Gasteiger partial charge on any atom is -0.450 e. The average Bonchev–Trinajstić information content (AvgIpc) is 2.57. The molecule has 1 aromatic carbocycles. The van der Waals surface area contributed by atoms with Crippen LogP contribution in [-0.4, -0.2) is 66.1 Å². The van der Waals surface area contributed by atoms with Crippen LogP contribution in [0.25, 0.3) is 0 Å². The Labute approximate surface area is 145 Å². The molecule has 1 aromatic rings. The lowest BCUT2D eigenvalue weighted by molar-refractivity contribution is -0.385. The van der Waals surface area contributed by atoms with E-state index in [2.05, 4.69) is 5.32 Å². The van der Waals surface area contributed by atoms with Gasteiger partial charge in [0.2, 0.25) is 5.91 Å². The fourth-order valence-electron chi connectivity index (χ4n) is 2.59. The molecule has 0 saturated carbocycles. The molecule has 1 heterocycles. The molecular weight excluding hydrogens is 328 g/mol. The lowest BCUT2D eigenvalue weighted by Crippen LogP contribution is -2.50. The van der Waals surface area contributed by atoms with Crippen LogP contribution in [0, 0.1) is 17.0 Å². The van der Waals surface area contributed by atoms with Gasteiger partial charge in [-0.15, -0.1) is 0 Å². The van der Waals surface area contributed by atoms with Crippen molar-refractivity contribution in [3.8, 4) is 0 Å². The number of benzene rings is 1. The monoisotopic (exact) mass is 350 g/mol. The molecule has 9 heteroatoms. The van der Waals surface area contributed by atoms with Crippen LogP contribution < -0.4 is 5.32 Å². The summed E-state index contributed by atoms with van der Waals surface area (Å²) in [5, 5.41) is 13.6. The number of piperazine rings is 1. The second kappa shape index (κ2) is 8.43. The molecule has 1 aliphatic rings. The Balaban J connectivity index is 1.84. The average molecular weight is 350 g/mol. The number of nitro benzene ring substituents is 1. The van der Waals surface area contributed by atoms with Crippen molar-refractivity contribution in [2.24, 2.45) is 0 Å². The summed E-state index contributed by atoms with van der Waals surface area (Å²) in [4.78, 5) is 37.8. The predicted octanol–water partition coefficient (Wildman–Crippen LogP) is 1.62. The minimum atomic E-state index is -0.473. The van der Waals surface area contributed by atoms with Crippen molar-refractivity contribution in [2.45, 2.75) is 13.8 Å². The van der Waals surface area contributed by atoms with Crippen molar-refractivity contribution < 1.29 is 19.2 Å². The summed E-state index contributed by atoms with van der Waals surface area (Å²) in [6.07, 6.45) is -0.335. The maximum absolute atomic E-state index is 12.1. The SMILES string of the molecule is CCOC(=O)N1CCN(CC(=O)Nc2ccc(C)c([N+](=O)[O-])c2)CC1. The first kappa shape index (κ1) is 18.7. The minimum absolute atomic E-state index is 0.0270. The zero-order valence-corrected chi connectivity index (χ0v) is 14.4. The highest BCUT2D eigenvalue weighted by atomic mass is 16.6. The van der Waals surface area contributed by atoms with E-state index in [1.54, 1.807) is 30.9 Å². The number of nitro groups is 1. The first-order valence-electron chi connectivity index (χ1n) is 8.09. The number of hydrogen-bond donors (Lipinski definition) is 1. The number of nitrogens with one attached hydrogen (secondary N) is 1. The molecule has 25 heavy (non-hydrogen) atoms. The Bertz CT molecular complexity index is 656. The Morgan fingerprint density at radius 2 is 1.96 bits per heavy atom. The Hall–Kier alpha value is -2.68. The van der Waals surface area contributed by atoms with Gasteiger partial charge in [-0.05, 0) is 19.9 Å². The number of nitrogens with zero attached hydrogens (tertiary/aromatic N) is 3. The lowest BCUT2D eigenvalue weighted by atomic mass is 10.2. The van der Waals surface area contributed by atoms with E-state index in [1.165, 1.54) is 6.07 Å². The van der Waals surface area contributed by atoms with E-state index >= 15 is 0 Å². The molecule has 136 valence electrons. The number of carbonyl (C=O) groups is 2. The van der Waals surface area contributed by atoms with Gasteiger partial charge in [0.1, 0.15) is 0 Å². The third kappa shape index (κ3) is 5.15. The molecule has 0 unspecified atom stereocenters. The van der Waals surface area contributed by atoms with Gasteiger partial charge in [-0.3, -0.25) is 19.8 Å². The molecule has 0 bridgehead atoms. The van der Waals surface area contributed by atoms with Gasteiger partial charge < -0.3 is 15.0 Å². The van der Waals surface area contributed by atoms with E-state index in [0.29, 0.717) is 44.0 Å². The van der Waals surface area contributed by atoms with Crippen LogP contribution in [0.1, 0.15) is 12.5 Å². The number of carbonyl (C=O) groups excluding carboxylic acids is 2. The number of amides is 2. The highest BCUT2D eigenvalue weighted by Crippen LogP contribution is 2.22. The van der Waals surface area contributed by atoms with Gasteiger partial charge in [-0.25, -0.2) is 4.79 Å². The van der Waals surface area contributed by atoms with Gasteiger partial charge in [-0.2, -0.15) is 0 Å². The van der Waals surface area contributed by atoms with Gasteiger partial charge in [0.15, 0.2) is 0 Å². The molecule has 0 aromatic heterocycles. The van der Waals surface area contributed by atoms with E-state index in [1.807, 2.05) is 4.90 Å². The molecule has 1 saturated heterocycles. The highest BCUT2D eigenvalue weighted by molar-refractivity contribution is 5.92. The summed E-state index contributed by atoms with van der Waals surface area (Å²) in [6, 6.07) is 4.59. The molecule has 2 rings (SSSR count). The van der Waals surface area contributed by atoms with Crippen LogP contribution >= 0.6 is 0 Å². The zero-order chi connectivity index (χ0) is 18.4. The van der Waals surface area contributed by atoms with E-state index in [0.717, 1.165) is 0 Å². The summed E-state index contributed by atoms with van der Waals surface area (Å²) in [6.45, 7) is 6.05. The van der Waals surface area contributed by atoms with Crippen LogP contribution in [0.4, 0.5) is 16.2 Å². The van der Waals surface area contributed by atoms with Crippen molar-refractivity contribution in [3.05, 3.63) is 33.9 Å². The molecule has 2 amide bonds. The van der Waals surface area contributed by atoms with Gasteiger partial charge in [0.05, 0.1) is 18.1 Å². The fourth-order valence-corrected chi connectivity index (χ4v) is 2.59. The number of ether oxygens (including phenoxy) is 1. The van der Waals surface area contributed by atoms with Crippen molar-refractivity contribution in [1.82, 2.24) is 9.80 Å². The molecule has 0 spiro atoms. The van der Waals surface area contributed by atoms with Gasteiger partial charge in [0.25, 0.3) is 5.69 Å².